The van der Waals surface area contributed by atoms with Gasteiger partial charge in [-0.2, -0.15) is 0 Å². The molecule has 1 aliphatic rings. The van der Waals surface area contributed by atoms with Gasteiger partial charge in [0.05, 0.1) is 18.3 Å². The number of amides is 1. The van der Waals surface area contributed by atoms with Crippen molar-refractivity contribution in [1.29, 1.82) is 0 Å². The second-order valence-electron chi connectivity index (χ2n) is 7.17. The molecule has 0 unspecified atom stereocenters. The molecule has 0 bridgehead atoms. The molecular formula is C19H30N2O4S. The maximum atomic E-state index is 12.3. The molecule has 0 saturated carbocycles. The standard InChI is InChI=1S/C19H30N2O4S/c1-15(2)25-18-10-8-16(9-11-18)6-4-12-20-19(22)17-7-5-13-21(14-17)26(3,23)24/h8-11,15,17H,4-7,12-14H2,1-3H3,(H,20,22)/t17-/m0/s1. The van der Waals surface area contributed by atoms with Crippen LogP contribution in [-0.4, -0.2) is 50.6 Å². The van der Waals surface area contributed by atoms with Gasteiger partial charge in [0.2, 0.25) is 15.9 Å². The summed E-state index contributed by atoms with van der Waals surface area (Å²) in [6.07, 6.45) is 4.56. The Morgan fingerprint density at radius 2 is 2.00 bits per heavy atom. The molecule has 1 aliphatic heterocycles. The SMILES string of the molecule is CC(C)Oc1ccc(CCCNC(=O)[C@H]2CCCN(S(C)(=O)=O)C2)cc1. The average molecular weight is 383 g/mol. The normalized spacial score (nSPS) is 18.7. The van der Waals surface area contributed by atoms with Crippen molar-refractivity contribution < 1.29 is 17.9 Å². The molecule has 1 aromatic rings. The van der Waals surface area contributed by atoms with Gasteiger partial charge >= 0.3 is 0 Å². The van der Waals surface area contributed by atoms with Crippen LogP contribution in [-0.2, 0) is 21.2 Å². The summed E-state index contributed by atoms with van der Waals surface area (Å²) in [6, 6.07) is 8.03. The fraction of sp³-hybridized carbons (Fsp3) is 0.632. The third-order valence-electron chi connectivity index (χ3n) is 4.46. The van der Waals surface area contributed by atoms with Crippen LogP contribution in [0.25, 0.3) is 0 Å². The van der Waals surface area contributed by atoms with Crippen LogP contribution in [0.4, 0.5) is 0 Å². The monoisotopic (exact) mass is 382 g/mol. The molecule has 1 atom stereocenters. The molecule has 0 radical (unpaired) electrons. The molecule has 146 valence electrons. The number of nitrogens with zero attached hydrogens (tertiary/aromatic N) is 1. The van der Waals surface area contributed by atoms with Gasteiger partial charge in [0.25, 0.3) is 0 Å². The minimum Gasteiger partial charge on any atom is -0.491 e. The molecule has 1 fully saturated rings. The summed E-state index contributed by atoms with van der Waals surface area (Å²) < 4.78 is 30.3. The number of hydrogen-bond donors (Lipinski definition) is 1. The van der Waals surface area contributed by atoms with Crippen LogP contribution in [0.5, 0.6) is 5.75 Å². The van der Waals surface area contributed by atoms with Gasteiger partial charge in [-0.25, -0.2) is 12.7 Å². The molecule has 0 aromatic heterocycles. The number of rotatable bonds is 8. The summed E-state index contributed by atoms with van der Waals surface area (Å²) in [5.41, 5.74) is 1.20. The summed E-state index contributed by atoms with van der Waals surface area (Å²) >= 11 is 0. The Labute approximate surface area is 157 Å². The second kappa shape index (κ2) is 9.37. The van der Waals surface area contributed by atoms with Gasteiger partial charge in [-0.1, -0.05) is 12.1 Å². The molecule has 1 amide bonds. The molecule has 1 saturated heterocycles. The number of benzene rings is 1. The molecule has 2 rings (SSSR count). The van der Waals surface area contributed by atoms with Crippen LogP contribution >= 0.6 is 0 Å². The van der Waals surface area contributed by atoms with E-state index in [1.54, 1.807) is 0 Å². The second-order valence-corrected chi connectivity index (χ2v) is 9.15. The van der Waals surface area contributed by atoms with Crippen LogP contribution in [0.3, 0.4) is 0 Å². The van der Waals surface area contributed by atoms with Crippen molar-refractivity contribution in [2.45, 2.75) is 45.6 Å². The Bertz CT molecular complexity index is 686. The Morgan fingerprint density at radius 3 is 2.62 bits per heavy atom. The number of carbonyl (C=O) groups is 1. The highest BCUT2D eigenvalue weighted by molar-refractivity contribution is 7.88. The number of ether oxygens (including phenoxy) is 1. The number of nitrogens with one attached hydrogen (secondary N) is 1. The summed E-state index contributed by atoms with van der Waals surface area (Å²) in [5.74, 6) is 0.578. The Balaban J connectivity index is 1.71. The van der Waals surface area contributed by atoms with Crippen molar-refractivity contribution in [2.75, 3.05) is 25.9 Å². The van der Waals surface area contributed by atoms with Crippen LogP contribution in [0, 0.1) is 5.92 Å². The fourth-order valence-electron chi connectivity index (χ4n) is 3.11. The van der Waals surface area contributed by atoms with E-state index in [0.29, 0.717) is 19.6 Å². The van der Waals surface area contributed by atoms with Crippen molar-refractivity contribution in [2.24, 2.45) is 5.92 Å². The first-order chi connectivity index (χ1) is 12.3. The van der Waals surface area contributed by atoms with E-state index in [1.807, 2.05) is 38.1 Å². The van der Waals surface area contributed by atoms with Crippen molar-refractivity contribution >= 4 is 15.9 Å². The van der Waals surface area contributed by atoms with Crippen LogP contribution < -0.4 is 10.1 Å². The lowest BCUT2D eigenvalue weighted by atomic mass is 9.99. The zero-order chi connectivity index (χ0) is 19.2. The van der Waals surface area contributed by atoms with Gasteiger partial charge in [0.15, 0.2) is 0 Å². The van der Waals surface area contributed by atoms with E-state index in [2.05, 4.69) is 5.32 Å². The molecule has 1 aromatic carbocycles. The summed E-state index contributed by atoms with van der Waals surface area (Å²) in [7, 11) is -3.22. The Morgan fingerprint density at radius 1 is 1.31 bits per heavy atom. The van der Waals surface area contributed by atoms with Gasteiger partial charge in [0.1, 0.15) is 5.75 Å². The molecule has 0 spiro atoms. The first-order valence-electron chi connectivity index (χ1n) is 9.24. The predicted molar refractivity (Wildman–Crippen MR) is 103 cm³/mol. The van der Waals surface area contributed by atoms with E-state index in [0.717, 1.165) is 31.4 Å². The lowest BCUT2D eigenvalue weighted by Crippen LogP contribution is -2.45. The highest BCUT2D eigenvalue weighted by atomic mass is 32.2. The number of hydrogen-bond acceptors (Lipinski definition) is 4. The predicted octanol–water partition coefficient (Wildman–Crippen LogP) is 2.19. The quantitative estimate of drug-likeness (QED) is 0.700. The number of carbonyl (C=O) groups excluding carboxylic acids is 1. The van der Waals surface area contributed by atoms with E-state index >= 15 is 0 Å². The molecule has 0 aliphatic carbocycles. The number of sulfonamides is 1. The van der Waals surface area contributed by atoms with E-state index in [1.165, 1.54) is 16.1 Å². The van der Waals surface area contributed by atoms with Gasteiger partial charge in [0, 0.05) is 19.6 Å². The summed E-state index contributed by atoms with van der Waals surface area (Å²) in [5, 5.41) is 2.95. The smallest absolute Gasteiger partial charge is 0.224 e. The van der Waals surface area contributed by atoms with Crippen molar-refractivity contribution in [3.05, 3.63) is 29.8 Å². The molecule has 1 N–H and O–H groups in total. The van der Waals surface area contributed by atoms with E-state index < -0.39 is 10.0 Å². The maximum Gasteiger partial charge on any atom is 0.224 e. The third kappa shape index (κ3) is 6.61. The molecular weight excluding hydrogens is 352 g/mol. The molecule has 1 heterocycles. The van der Waals surface area contributed by atoms with Crippen molar-refractivity contribution in [3.63, 3.8) is 0 Å². The van der Waals surface area contributed by atoms with Gasteiger partial charge in [-0.15, -0.1) is 0 Å². The zero-order valence-corrected chi connectivity index (χ0v) is 16.7. The lowest BCUT2D eigenvalue weighted by molar-refractivity contribution is -0.126. The van der Waals surface area contributed by atoms with Crippen molar-refractivity contribution in [1.82, 2.24) is 9.62 Å². The highest BCUT2D eigenvalue weighted by Crippen LogP contribution is 2.19. The largest absolute Gasteiger partial charge is 0.491 e. The number of piperidine rings is 1. The van der Waals surface area contributed by atoms with E-state index in [9.17, 15) is 13.2 Å². The van der Waals surface area contributed by atoms with Crippen LogP contribution in [0.15, 0.2) is 24.3 Å². The number of aryl methyl sites for hydroxylation is 1. The summed E-state index contributed by atoms with van der Waals surface area (Å²) in [4.78, 5) is 12.3. The van der Waals surface area contributed by atoms with Gasteiger partial charge in [-0.05, 0) is 57.2 Å². The first kappa shape index (κ1) is 20.7. The average Bonchev–Trinajstić information content (AvgIpc) is 2.59. The molecule has 26 heavy (non-hydrogen) atoms. The third-order valence-corrected chi connectivity index (χ3v) is 5.73. The fourth-order valence-corrected chi connectivity index (χ4v) is 4.02. The topological polar surface area (TPSA) is 75.7 Å². The van der Waals surface area contributed by atoms with Gasteiger partial charge in [-0.3, -0.25) is 4.79 Å². The Hall–Kier alpha value is -1.60. The first-order valence-corrected chi connectivity index (χ1v) is 11.1. The highest BCUT2D eigenvalue weighted by Gasteiger charge is 2.29. The van der Waals surface area contributed by atoms with E-state index in [-0.39, 0.29) is 17.9 Å². The Kier molecular flexibility index (Phi) is 7.46. The van der Waals surface area contributed by atoms with E-state index in [4.69, 9.17) is 4.74 Å². The van der Waals surface area contributed by atoms with Gasteiger partial charge < -0.3 is 10.1 Å². The molecule has 7 heteroatoms. The van der Waals surface area contributed by atoms with Crippen molar-refractivity contribution in [3.8, 4) is 5.75 Å². The van der Waals surface area contributed by atoms with Crippen LogP contribution in [0.1, 0.15) is 38.7 Å². The van der Waals surface area contributed by atoms with Crippen LogP contribution in [0.2, 0.25) is 0 Å². The summed E-state index contributed by atoms with van der Waals surface area (Å²) in [6.45, 7) is 5.40. The maximum absolute atomic E-state index is 12.3. The lowest BCUT2D eigenvalue weighted by Gasteiger charge is -2.30. The zero-order valence-electron chi connectivity index (χ0n) is 15.9. The molecule has 6 nitrogen and oxygen atoms in total. The minimum absolute atomic E-state index is 0.0426. The minimum atomic E-state index is -3.22.